The molecule has 0 spiro atoms. The monoisotopic (exact) mass is 456 g/mol. The summed E-state index contributed by atoms with van der Waals surface area (Å²) in [5.74, 6) is -2.42. The lowest BCUT2D eigenvalue weighted by molar-refractivity contribution is -0.154. The van der Waals surface area contributed by atoms with Crippen molar-refractivity contribution in [1.82, 2.24) is 15.0 Å². The number of carbonyl (C=O) groups is 1. The number of benzene rings is 1. The molecule has 0 bridgehead atoms. The number of nitrogens with zero attached hydrogens (tertiary/aromatic N) is 3. The molecule has 2 N–H and O–H groups in total. The zero-order chi connectivity index (χ0) is 23.2. The summed E-state index contributed by atoms with van der Waals surface area (Å²) in [7, 11) is 0. The van der Waals surface area contributed by atoms with Crippen LogP contribution in [0.4, 0.5) is 14.6 Å². The number of anilines is 1. The van der Waals surface area contributed by atoms with Gasteiger partial charge < -0.3 is 19.7 Å². The lowest BCUT2D eigenvalue weighted by Gasteiger charge is -2.38. The smallest absolute Gasteiger partial charge is 0.306 e. The highest BCUT2D eigenvalue weighted by atomic mass is 19.3. The maximum atomic E-state index is 13.6. The first-order valence-corrected chi connectivity index (χ1v) is 11.2. The Bertz CT molecular complexity index is 1140. The van der Waals surface area contributed by atoms with Gasteiger partial charge in [-0.25, -0.2) is 18.7 Å². The Balaban J connectivity index is 1.19. The van der Waals surface area contributed by atoms with E-state index >= 15 is 0 Å². The van der Waals surface area contributed by atoms with Gasteiger partial charge in [0.2, 0.25) is 0 Å². The summed E-state index contributed by atoms with van der Waals surface area (Å²) in [4.78, 5) is 25.3. The number of carboxylic acids is 1. The minimum absolute atomic E-state index is 0.0509. The molecule has 1 saturated heterocycles. The van der Waals surface area contributed by atoms with Crippen LogP contribution in [0, 0.1) is 5.92 Å². The van der Waals surface area contributed by atoms with Crippen molar-refractivity contribution in [1.29, 1.82) is 0 Å². The predicted octanol–water partition coefficient (Wildman–Crippen LogP) is 4.59. The SMILES string of the molecule is CC(F)(F)c1ccc2nc(-c3ccc(N4CCC(OC5CC(C(=O)O)C5)CC4)nc3)[nH]c2c1. The van der Waals surface area contributed by atoms with E-state index in [4.69, 9.17) is 9.84 Å². The molecule has 2 aliphatic rings. The van der Waals surface area contributed by atoms with E-state index in [0.29, 0.717) is 29.7 Å². The maximum Gasteiger partial charge on any atom is 0.306 e. The fraction of sp³-hybridized carbons (Fsp3) is 0.458. The van der Waals surface area contributed by atoms with Gasteiger partial charge in [-0.2, -0.15) is 0 Å². The van der Waals surface area contributed by atoms with Gasteiger partial charge in [0, 0.05) is 37.3 Å². The van der Waals surface area contributed by atoms with Crippen LogP contribution < -0.4 is 4.90 Å². The molecule has 3 heterocycles. The molecule has 1 aliphatic heterocycles. The number of carboxylic acid groups (broad SMARTS) is 1. The standard InChI is InChI=1S/C24H26F2N4O3/c1-24(25,26)16-3-4-19-20(12-16)29-22(28-19)14-2-5-21(27-13-14)30-8-6-17(7-9-30)33-18-10-15(11-18)23(31)32/h2-5,12-13,15,17-18H,6-11H2,1H3,(H,28,29)(H,31,32). The van der Waals surface area contributed by atoms with E-state index in [1.54, 1.807) is 12.3 Å². The number of imidazole rings is 1. The number of aromatic nitrogens is 3. The summed E-state index contributed by atoms with van der Waals surface area (Å²) in [5.41, 5.74) is 1.93. The first-order chi connectivity index (χ1) is 15.8. The van der Waals surface area contributed by atoms with Crippen LogP contribution >= 0.6 is 0 Å². The van der Waals surface area contributed by atoms with E-state index in [1.165, 1.54) is 12.1 Å². The van der Waals surface area contributed by atoms with Gasteiger partial charge in [0.05, 0.1) is 29.2 Å². The Morgan fingerprint density at radius 2 is 1.94 bits per heavy atom. The highest BCUT2D eigenvalue weighted by molar-refractivity contribution is 5.80. The van der Waals surface area contributed by atoms with E-state index < -0.39 is 11.9 Å². The van der Waals surface area contributed by atoms with E-state index in [1.807, 2.05) is 12.1 Å². The van der Waals surface area contributed by atoms with Crippen LogP contribution in [0.3, 0.4) is 0 Å². The van der Waals surface area contributed by atoms with Crippen molar-refractivity contribution in [3.63, 3.8) is 0 Å². The predicted molar refractivity (Wildman–Crippen MR) is 119 cm³/mol. The Labute approximate surface area is 189 Å². The molecular weight excluding hydrogens is 430 g/mol. The van der Waals surface area contributed by atoms with Gasteiger partial charge >= 0.3 is 5.97 Å². The fourth-order valence-corrected chi connectivity index (χ4v) is 4.50. The van der Waals surface area contributed by atoms with Gasteiger partial charge in [-0.15, -0.1) is 0 Å². The number of H-pyrrole nitrogens is 1. The Morgan fingerprint density at radius 1 is 1.18 bits per heavy atom. The number of fused-ring (bicyclic) bond motifs is 1. The number of aromatic amines is 1. The van der Waals surface area contributed by atoms with E-state index in [9.17, 15) is 13.6 Å². The molecular formula is C24H26F2N4O3. The lowest BCUT2D eigenvalue weighted by atomic mass is 9.82. The first-order valence-electron chi connectivity index (χ1n) is 11.2. The second-order valence-corrected chi connectivity index (χ2v) is 9.06. The van der Waals surface area contributed by atoms with Crippen molar-refractivity contribution >= 4 is 22.8 Å². The summed E-state index contributed by atoms with van der Waals surface area (Å²) in [6.07, 6.45) is 4.97. The zero-order valence-corrected chi connectivity index (χ0v) is 18.3. The third-order valence-corrected chi connectivity index (χ3v) is 6.61. The van der Waals surface area contributed by atoms with Crippen LogP contribution in [-0.2, 0) is 15.5 Å². The van der Waals surface area contributed by atoms with E-state index in [2.05, 4.69) is 19.9 Å². The highest BCUT2D eigenvalue weighted by Crippen LogP contribution is 2.33. The molecule has 2 fully saturated rings. The molecule has 1 aliphatic carbocycles. The normalized spacial score (nSPS) is 21.8. The number of hydrogen-bond acceptors (Lipinski definition) is 5. The minimum Gasteiger partial charge on any atom is -0.481 e. The molecule has 0 amide bonds. The number of piperidine rings is 1. The number of pyridine rings is 1. The molecule has 7 nitrogen and oxygen atoms in total. The fourth-order valence-electron chi connectivity index (χ4n) is 4.50. The van der Waals surface area contributed by atoms with Gasteiger partial charge in [-0.3, -0.25) is 4.79 Å². The van der Waals surface area contributed by atoms with Crippen molar-refractivity contribution in [2.24, 2.45) is 5.92 Å². The topological polar surface area (TPSA) is 91.3 Å². The Kier molecular flexibility index (Phi) is 5.52. The maximum absolute atomic E-state index is 13.6. The zero-order valence-electron chi connectivity index (χ0n) is 18.3. The van der Waals surface area contributed by atoms with E-state index in [-0.39, 0.29) is 23.7 Å². The van der Waals surface area contributed by atoms with Gasteiger partial charge in [-0.05, 0) is 49.9 Å². The molecule has 0 unspecified atom stereocenters. The first kappa shape index (κ1) is 21.8. The lowest BCUT2D eigenvalue weighted by Crippen LogP contribution is -2.43. The van der Waals surface area contributed by atoms with Crippen molar-refractivity contribution in [3.8, 4) is 11.4 Å². The number of halogens is 2. The van der Waals surface area contributed by atoms with Gasteiger partial charge in [0.1, 0.15) is 11.6 Å². The molecule has 0 radical (unpaired) electrons. The number of aliphatic carboxylic acids is 1. The highest BCUT2D eigenvalue weighted by Gasteiger charge is 2.37. The molecule has 9 heteroatoms. The van der Waals surface area contributed by atoms with Crippen LogP contribution in [0.1, 0.15) is 38.2 Å². The third-order valence-electron chi connectivity index (χ3n) is 6.61. The van der Waals surface area contributed by atoms with Crippen LogP contribution in [-0.4, -0.2) is 51.3 Å². The quantitative estimate of drug-likeness (QED) is 0.564. The van der Waals surface area contributed by atoms with Crippen molar-refractivity contribution in [3.05, 3.63) is 42.1 Å². The molecule has 1 aromatic carbocycles. The largest absolute Gasteiger partial charge is 0.481 e. The second kappa shape index (κ2) is 8.37. The Hall–Kier alpha value is -3.07. The summed E-state index contributed by atoms with van der Waals surface area (Å²) in [6, 6.07) is 8.31. The molecule has 0 atom stereocenters. The molecule has 33 heavy (non-hydrogen) atoms. The number of ether oxygens (including phenoxy) is 1. The third kappa shape index (κ3) is 4.55. The number of nitrogens with one attached hydrogen (secondary N) is 1. The minimum atomic E-state index is -2.90. The Morgan fingerprint density at radius 3 is 2.58 bits per heavy atom. The average molecular weight is 456 g/mol. The van der Waals surface area contributed by atoms with Crippen molar-refractivity contribution in [2.75, 3.05) is 18.0 Å². The van der Waals surface area contributed by atoms with Crippen LogP contribution in [0.2, 0.25) is 0 Å². The summed E-state index contributed by atoms with van der Waals surface area (Å²) in [5, 5.41) is 8.98. The molecule has 3 aromatic rings. The summed E-state index contributed by atoms with van der Waals surface area (Å²) in [6.45, 7) is 2.53. The number of hydrogen-bond donors (Lipinski definition) is 2. The molecule has 2 aromatic heterocycles. The average Bonchev–Trinajstić information content (AvgIpc) is 3.19. The molecule has 5 rings (SSSR count). The van der Waals surface area contributed by atoms with Gasteiger partial charge in [0.25, 0.3) is 5.92 Å². The second-order valence-electron chi connectivity index (χ2n) is 9.06. The molecule has 1 saturated carbocycles. The van der Waals surface area contributed by atoms with Gasteiger partial charge in [-0.1, -0.05) is 6.07 Å². The van der Waals surface area contributed by atoms with Crippen LogP contribution in [0.15, 0.2) is 36.5 Å². The summed E-state index contributed by atoms with van der Waals surface area (Å²) >= 11 is 0. The number of alkyl halides is 2. The number of rotatable bonds is 6. The van der Waals surface area contributed by atoms with E-state index in [0.717, 1.165) is 44.2 Å². The van der Waals surface area contributed by atoms with Crippen molar-refractivity contribution < 1.29 is 23.4 Å². The van der Waals surface area contributed by atoms with Crippen molar-refractivity contribution in [2.45, 2.75) is 50.7 Å². The van der Waals surface area contributed by atoms with Crippen LogP contribution in [0.5, 0.6) is 0 Å². The van der Waals surface area contributed by atoms with Gasteiger partial charge in [0.15, 0.2) is 0 Å². The summed E-state index contributed by atoms with van der Waals surface area (Å²) < 4.78 is 33.3. The van der Waals surface area contributed by atoms with Crippen LogP contribution in [0.25, 0.3) is 22.4 Å². The molecule has 174 valence electrons.